The van der Waals surface area contributed by atoms with E-state index in [0.717, 1.165) is 6.42 Å². The van der Waals surface area contributed by atoms with Gasteiger partial charge in [0.25, 0.3) is 5.91 Å². The van der Waals surface area contributed by atoms with E-state index in [0.29, 0.717) is 23.4 Å². The molecule has 1 amide bonds. The van der Waals surface area contributed by atoms with Crippen LogP contribution in [-0.4, -0.2) is 18.4 Å². The smallest absolute Gasteiger partial charge is 0.343 e. The summed E-state index contributed by atoms with van der Waals surface area (Å²) < 4.78 is 5.28. The van der Waals surface area contributed by atoms with E-state index < -0.39 is 5.97 Å². The van der Waals surface area contributed by atoms with Gasteiger partial charge in [0.15, 0.2) is 0 Å². The second-order valence-corrected chi connectivity index (χ2v) is 4.54. The number of benzene rings is 2. The Morgan fingerprint density at radius 1 is 1.00 bits per heavy atom. The summed E-state index contributed by atoms with van der Waals surface area (Å²) in [6, 6.07) is 15.3. The van der Waals surface area contributed by atoms with E-state index in [1.807, 2.05) is 13.0 Å². The molecule has 0 fully saturated rings. The van der Waals surface area contributed by atoms with E-state index in [-0.39, 0.29) is 5.91 Å². The quantitative estimate of drug-likeness (QED) is 0.678. The van der Waals surface area contributed by atoms with Gasteiger partial charge in [0.2, 0.25) is 0 Å². The number of ether oxygens (including phenoxy) is 1. The molecule has 21 heavy (non-hydrogen) atoms. The van der Waals surface area contributed by atoms with Crippen LogP contribution in [0.3, 0.4) is 0 Å². The van der Waals surface area contributed by atoms with Crippen molar-refractivity contribution in [2.24, 2.45) is 0 Å². The lowest BCUT2D eigenvalue weighted by molar-refractivity contribution is 0.0733. The van der Waals surface area contributed by atoms with Crippen molar-refractivity contribution in [3.8, 4) is 5.75 Å². The second kappa shape index (κ2) is 7.24. The maximum atomic E-state index is 11.9. The largest absolute Gasteiger partial charge is 0.423 e. The van der Waals surface area contributed by atoms with Crippen molar-refractivity contribution in [1.29, 1.82) is 0 Å². The lowest BCUT2D eigenvalue weighted by Crippen LogP contribution is -2.23. The van der Waals surface area contributed by atoms with Gasteiger partial charge in [0.05, 0.1) is 5.56 Å². The highest BCUT2D eigenvalue weighted by molar-refractivity contribution is 5.95. The van der Waals surface area contributed by atoms with Crippen molar-refractivity contribution >= 4 is 11.9 Å². The van der Waals surface area contributed by atoms with Crippen LogP contribution in [0.1, 0.15) is 34.1 Å². The van der Waals surface area contributed by atoms with E-state index in [1.165, 1.54) is 0 Å². The SMILES string of the molecule is CCCNC(=O)c1cccc(OC(=O)c2ccccc2)c1. The zero-order valence-corrected chi connectivity index (χ0v) is 11.8. The first-order valence-corrected chi connectivity index (χ1v) is 6.86. The molecule has 0 spiro atoms. The molecular weight excluding hydrogens is 266 g/mol. The van der Waals surface area contributed by atoms with Gasteiger partial charge in [0.1, 0.15) is 5.75 Å². The van der Waals surface area contributed by atoms with E-state index >= 15 is 0 Å². The van der Waals surface area contributed by atoms with Gasteiger partial charge in [-0.15, -0.1) is 0 Å². The molecule has 0 aliphatic heterocycles. The summed E-state index contributed by atoms with van der Waals surface area (Å²) >= 11 is 0. The van der Waals surface area contributed by atoms with Crippen LogP contribution in [0.25, 0.3) is 0 Å². The zero-order chi connectivity index (χ0) is 15.1. The minimum absolute atomic E-state index is 0.172. The minimum Gasteiger partial charge on any atom is -0.423 e. The summed E-state index contributed by atoms with van der Waals surface area (Å²) in [7, 11) is 0. The number of esters is 1. The van der Waals surface area contributed by atoms with Crippen LogP contribution in [0.4, 0.5) is 0 Å². The molecule has 108 valence electrons. The Balaban J connectivity index is 2.07. The molecule has 0 aliphatic rings. The van der Waals surface area contributed by atoms with E-state index in [2.05, 4.69) is 5.32 Å². The van der Waals surface area contributed by atoms with Crippen molar-refractivity contribution in [3.05, 3.63) is 65.7 Å². The highest BCUT2D eigenvalue weighted by atomic mass is 16.5. The average molecular weight is 283 g/mol. The molecule has 0 saturated heterocycles. The van der Waals surface area contributed by atoms with Crippen LogP contribution in [0, 0.1) is 0 Å². The van der Waals surface area contributed by atoms with Gasteiger partial charge in [-0.1, -0.05) is 31.2 Å². The third-order valence-corrected chi connectivity index (χ3v) is 2.85. The van der Waals surface area contributed by atoms with Gasteiger partial charge in [-0.05, 0) is 36.8 Å². The second-order valence-electron chi connectivity index (χ2n) is 4.54. The molecule has 0 radical (unpaired) electrons. The van der Waals surface area contributed by atoms with Crippen LogP contribution in [0.2, 0.25) is 0 Å². The summed E-state index contributed by atoms with van der Waals surface area (Å²) in [6.45, 7) is 2.60. The first-order valence-electron chi connectivity index (χ1n) is 6.86. The molecule has 0 saturated carbocycles. The van der Waals surface area contributed by atoms with Crippen molar-refractivity contribution in [2.45, 2.75) is 13.3 Å². The molecule has 0 atom stereocenters. The first kappa shape index (κ1) is 14.8. The van der Waals surface area contributed by atoms with Gasteiger partial charge in [-0.25, -0.2) is 4.79 Å². The predicted octanol–water partition coefficient (Wildman–Crippen LogP) is 3.05. The van der Waals surface area contributed by atoms with Crippen LogP contribution in [-0.2, 0) is 0 Å². The van der Waals surface area contributed by atoms with Crippen LogP contribution < -0.4 is 10.1 Å². The Hall–Kier alpha value is -2.62. The summed E-state index contributed by atoms with van der Waals surface area (Å²) in [5, 5.41) is 2.78. The molecule has 2 aromatic carbocycles. The summed E-state index contributed by atoms with van der Waals surface area (Å²) in [5.41, 5.74) is 0.945. The molecule has 0 heterocycles. The predicted molar refractivity (Wildman–Crippen MR) is 80.5 cm³/mol. The average Bonchev–Trinajstić information content (AvgIpc) is 2.53. The van der Waals surface area contributed by atoms with Gasteiger partial charge in [-0.2, -0.15) is 0 Å². The lowest BCUT2D eigenvalue weighted by atomic mass is 10.2. The standard InChI is InChI=1S/C17H17NO3/c1-2-11-18-16(19)14-9-6-10-15(12-14)21-17(20)13-7-4-3-5-8-13/h3-10,12H,2,11H2,1H3,(H,18,19). The summed E-state index contributed by atoms with van der Waals surface area (Å²) in [4.78, 5) is 23.8. The van der Waals surface area contributed by atoms with Gasteiger partial charge >= 0.3 is 5.97 Å². The molecule has 4 nitrogen and oxygen atoms in total. The van der Waals surface area contributed by atoms with Crippen molar-refractivity contribution < 1.29 is 14.3 Å². The van der Waals surface area contributed by atoms with Gasteiger partial charge in [-0.3, -0.25) is 4.79 Å². The van der Waals surface area contributed by atoms with Crippen LogP contribution >= 0.6 is 0 Å². The molecule has 2 aromatic rings. The Morgan fingerprint density at radius 3 is 2.43 bits per heavy atom. The number of carbonyl (C=O) groups excluding carboxylic acids is 2. The number of amides is 1. The fourth-order valence-electron chi connectivity index (χ4n) is 1.78. The van der Waals surface area contributed by atoms with Crippen molar-refractivity contribution in [1.82, 2.24) is 5.32 Å². The van der Waals surface area contributed by atoms with Crippen molar-refractivity contribution in [2.75, 3.05) is 6.54 Å². The monoisotopic (exact) mass is 283 g/mol. The fourth-order valence-corrected chi connectivity index (χ4v) is 1.78. The summed E-state index contributed by atoms with van der Waals surface area (Å²) in [6.07, 6.45) is 0.869. The highest BCUT2D eigenvalue weighted by Crippen LogP contribution is 2.15. The number of hydrogen-bond acceptors (Lipinski definition) is 3. The van der Waals surface area contributed by atoms with Crippen LogP contribution in [0.5, 0.6) is 5.75 Å². The molecule has 0 aromatic heterocycles. The van der Waals surface area contributed by atoms with Crippen LogP contribution in [0.15, 0.2) is 54.6 Å². The van der Waals surface area contributed by atoms with Gasteiger partial charge in [0, 0.05) is 12.1 Å². The highest BCUT2D eigenvalue weighted by Gasteiger charge is 2.10. The van der Waals surface area contributed by atoms with E-state index in [1.54, 1.807) is 48.5 Å². The van der Waals surface area contributed by atoms with E-state index in [4.69, 9.17) is 4.74 Å². The number of nitrogens with one attached hydrogen (secondary N) is 1. The topological polar surface area (TPSA) is 55.4 Å². The minimum atomic E-state index is -0.443. The molecule has 0 aliphatic carbocycles. The Morgan fingerprint density at radius 2 is 1.71 bits per heavy atom. The Bertz CT molecular complexity index is 623. The van der Waals surface area contributed by atoms with Gasteiger partial charge < -0.3 is 10.1 Å². The lowest BCUT2D eigenvalue weighted by Gasteiger charge is -2.07. The molecule has 0 bridgehead atoms. The third kappa shape index (κ3) is 4.18. The zero-order valence-electron chi connectivity index (χ0n) is 11.8. The third-order valence-electron chi connectivity index (χ3n) is 2.85. The fraction of sp³-hybridized carbons (Fsp3) is 0.176. The molecule has 0 unspecified atom stereocenters. The summed E-state index contributed by atoms with van der Waals surface area (Å²) in [5.74, 6) is -0.260. The Labute approximate surface area is 123 Å². The molecule has 4 heteroatoms. The first-order chi connectivity index (χ1) is 10.2. The molecule has 2 rings (SSSR count). The number of rotatable bonds is 5. The molecule has 1 N–H and O–H groups in total. The normalized spacial score (nSPS) is 9.95. The number of hydrogen-bond donors (Lipinski definition) is 1. The van der Waals surface area contributed by atoms with E-state index in [9.17, 15) is 9.59 Å². The van der Waals surface area contributed by atoms with Crippen molar-refractivity contribution in [3.63, 3.8) is 0 Å². The maximum Gasteiger partial charge on any atom is 0.343 e. The maximum absolute atomic E-state index is 11.9. The number of carbonyl (C=O) groups is 2. The molecular formula is C17H17NO3. The Kier molecular flexibility index (Phi) is 5.10.